The zero-order chi connectivity index (χ0) is 22.3. The Morgan fingerprint density at radius 2 is 1.10 bits per heavy atom. The molecule has 0 aliphatic rings. The molecule has 0 unspecified atom stereocenters. The van der Waals surface area contributed by atoms with Crippen LogP contribution in [0.5, 0.6) is 0 Å². The summed E-state index contributed by atoms with van der Waals surface area (Å²) in [5.41, 5.74) is 13.6. The molecule has 0 radical (unpaired) electrons. The van der Waals surface area contributed by atoms with Crippen LogP contribution in [-0.4, -0.2) is 14.7 Å². The van der Waals surface area contributed by atoms with Gasteiger partial charge >= 0.3 is 0 Å². The Morgan fingerprint density at radius 3 is 1.48 bits per heavy atom. The van der Waals surface area contributed by atoms with Gasteiger partial charge in [-0.15, -0.1) is 0 Å². The molecular weight excluding hydrogens is 493 g/mol. The van der Waals surface area contributed by atoms with Gasteiger partial charge in [0.2, 0.25) is 10.0 Å². The van der Waals surface area contributed by atoms with Gasteiger partial charge in [-0.1, -0.05) is 72.8 Å². The van der Waals surface area contributed by atoms with Crippen LogP contribution in [-0.2, 0) is 29.5 Å². The first-order chi connectivity index (χ1) is 14.1. The number of benzene rings is 3. The second-order valence-electron chi connectivity index (χ2n) is 7.66. The van der Waals surface area contributed by atoms with Crippen molar-refractivity contribution in [3.8, 4) is 0 Å². The molecule has 3 N–H and O–H groups in total. The van der Waals surface area contributed by atoms with Crippen LogP contribution in [0.3, 0.4) is 0 Å². The average molecular weight is 526 g/mol. The predicted molar refractivity (Wildman–Crippen MR) is 126 cm³/mol. The number of nitrogens with two attached hydrogens (primary N) is 1. The molecule has 3 aromatic rings. The van der Waals surface area contributed by atoms with E-state index in [1.165, 1.54) is 22.3 Å². The van der Waals surface area contributed by atoms with Gasteiger partial charge in [-0.05, 0) is 61.1 Å². The van der Waals surface area contributed by atoms with Gasteiger partial charge in [-0.2, -0.15) is 0 Å². The Hall–Kier alpha value is -1.85. The van der Waals surface area contributed by atoms with Gasteiger partial charge in [0.05, 0.1) is 18.3 Å². The molecule has 0 saturated heterocycles. The van der Waals surface area contributed by atoms with Crippen LogP contribution >= 0.6 is 0 Å². The van der Waals surface area contributed by atoms with Crippen molar-refractivity contribution in [3.05, 3.63) is 106 Å². The molecule has 6 heteroatoms. The standard InChI is InChI=1S/C15H18N2O2S.C10H14.Ru/c1-20(18,19)17-15(13-10-6-3-7-11-13)14(16)12-8-4-2-5-9-12;1-7-5-6-8(2)10(4)9(7)3;/h2-11,14-15,17H,16H2,1H3;5-6H,1-4H3;/t14-,15-;;/m1../s1. The van der Waals surface area contributed by atoms with Crippen LogP contribution < -0.4 is 10.5 Å². The van der Waals surface area contributed by atoms with Gasteiger partial charge in [0.15, 0.2) is 0 Å². The molecule has 31 heavy (non-hydrogen) atoms. The molecule has 0 fully saturated rings. The molecule has 2 atom stereocenters. The zero-order valence-electron chi connectivity index (χ0n) is 18.7. The minimum Gasteiger partial charge on any atom is -0.322 e. The zero-order valence-corrected chi connectivity index (χ0v) is 21.3. The molecule has 0 spiro atoms. The largest absolute Gasteiger partial charge is 0.322 e. The molecule has 4 nitrogen and oxygen atoms in total. The Kier molecular flexibility index (Phi) is 10.7. The van der Waals surface area contributed by atoms with Crippen molar-refractivity contribution in [3.63, 3.8) is 0 Å². The smallest absolute Gasteiger partial charge is 0.209 e. The maximum Gasteiger partial charge on any atom is 0.209 e. The van der Waals surface area contributed by atoms with Crippen molar-refractivity contribution in [2.45, 2.75) is 39.8 Å². The van der Waals surface area contributed by atoms with Crippen molar-refractivity contribution in [2.24, 2.45) is 5.73 Å². The normalized spacial score (nSPS) is 12.7. The number of hydrogen-bond donors (Lipinski definition) is 2. The molecule has 0 aliphatic carbocycles. The molecule has 0 aromatic heterocycles. The summed E-state index contributed by atoms with van der Waals surface area (Å²) < 4.78 is 25.8. The van der Waals surface area contributed by atoms with Crippen molar-refractivity contribution in [2.75, 3.05) is 6.26 Å². The molecule has 3 aromatic carbocycles. The Balaban J connectivity index is 0.000000370. The van der Waals surface area contributed by atoms with E-state index in [1.54, 1.807) is 0 Å². The van der Waals surface area contributed by atoms with E-state index < -0.39 is 22.1 Å². The summed E-state index contributed by atoms with van der Waals surface area (Å²) in [6.07, 6.45) is 1.14. The molecule has 0 amide bonds. The molecule has 0 aliphatic heterocycles. The number of nitrogens with one attached hydrogen (secondary N) is 1. The average Bonchev–Trinajstić information content (AvgIpc) is 2.74. The number of rotatable bonds is 5. The van der Waals surface area contributed by atoms with Crippen molar-refractivity contribution >= 4 is 10.0 Å². The second-order valence-corrected chi connectivity index (χ2v) is 9.44. The quantitative estimate of drug-likeness (QED) is 0.466. The van der Waals surface area contributed by atoms with E-state index in [1.807, 2.05) is 60.7 Å². The summed E-state index contributed by atoms with van der Waals surface area (Å²) in [5.74, 6) is 0. The predicted octanol–water partition coefficient (Wildman–Crippen LogP) is 4.89. The minimum atomic E-state index is -3.35. The van der Waals surface area contributed by atoms with E-state index in [2.05, 4.69) is 44.5 Å². The van der Waals surface area contributed by atoms with E-state index in [-0.39, 0.29) is 19.5 Å². The van der Waals surface area contributed by atoms with E-state index in [4.69, 9.17) is 5.73 Å². The molecule has 0 bridgehead atoms. The second kappa shape index (κ2) is 12.3. The summed E-state index contributed by atoms with van der Waals surface area (Å²) >= 11 is 0. The van der Waals surface area contributed by atoms with Gasteiger partial charge in [-0.25, -0.2) is 13.1 Å². The van der Waals surface area contributed by atoms with Gasteiger partial charge in [0.1, 0.15) is 0 Å². The van der Waals surface area contributed by atoms with E-state index in [0.717, 1.165) is 17.4 Å². The molecule has 0 heterocycles. The van der Waals surface area contributed by atoms with E-state index >= 15 is 0 Å². The SMILES string of the molecule is CS(=O)(=O)N[C@H](c1ccccc1)[C@H](N)c1ccccc1.Cc1ccc(C)c(C)c1C.[Ru]. The fourth-order valence-electron chi connectivity index (χ4n) is 3.20. The third kappa shape index (κ3) is 8.30. The van der Waals surface area contributed by atoms with E-state index in [0.29, 0.717) is 0 Å². The fourth-order valence-corrected chi connectivity index (χ4v) is 3.94. The summed E-state index contributed by atoms with van der Waals surface area (Å²) in [4.78, 5) is 0. The van der Waals surface area contributed by atoms with Gasteiger partial charge in [0.25, 0.3) is 0 Å². The van der Waals surface area contributed by atoms with Crippen molar-refractivity contribution in [1.29, 1.82) is 0 Å². The molecular formula is C25H32N2O2RuS. The van der Waals surface area contributed by atoms with Crippen LogP contribution in [0.15, 0.2) is 72.8 Å². The monoisotopic (exact) mass is 526 g/mol. The number of aryl methyl sites for hydroxylation is 2. The molecule has 0 saturated carbocycles. The maximum atomic E-state index is 11.6. The van der Waals surface area contributed by atoms with Crippen molar-refractivity contribution < 1.29 is 27.9 Å². The number of hydrogen-bond acceptors (Lipinski definition) is 3. The van der Waals surface area contributed by atoms with Crippen LogP contribution in [0.2, 0.25) is 0 Å². The maximum absolute atomic E-state index is 11.6. The molecule has 168 valence electrons. The van der Waals surface area contributed by atoms with Crippen LogP contribution in [0.25, 0.3) is 0 Å². The number of sulfonamides is 1. The van der Waals surface area contributed by atoms with Gasteiger partial charge < -0.3 is 5.73 Å². The van der Waals surface area contributed by atoms with Crippen LogP contribution in [0, 0.1) is 27.7 Å². The topological polar surface area (TPSA) is 72.2 Å². The fraction of sp³-hybridized carbons (Fsp3) is 0.280. The van der Waals surface area contributed by atoms with E-state index in [9.17, 15) is 8.42 Å². The third-order valence-electron chi connectivity index (χ3n) is 5.37. The first kappa shape index (κ1) is 27.2. The summed E-state index contributed by atoms with van der Waals surface area (Å²) in [5, 5.41) is 0. The van der Waals surface area contributed by atoms with Gasteiger partial charge in [-0.3, -0.25) is 0 Å². The van der Waals surface area contributed by atoms with Crippen LogP contribution in [0.1, 0.15) is 45.5 Å². The van der Waals surface area contributed by atoms with Gasteiger partial charge in [0, 0.05) is 19.5 Å². The van der Waals surface area contributed by atoms with Crippen LogP contribution in [0.4, 0.5) is 0 Å². The Labute approximate surface area is 200 Å². The summed E-state index contributed by atoms with van der Waals surface area (Å²) in [7, 11) is -3.35. The Bertz CT molecular complexity index is 1030. The Morgan fingerprint density at radius 1 is 0.710 bits per heavy atom. The summed E-state index contributed by atoms with van der Waals surface area (Å²) in [6.45, 7) is 8.67. The third-order valence-corrected chi connectivity index (χ3v) is 6.05. The minimum absolute atomic E-state index is 0. The van der Waals surface area contributed by atoms with Crippen molar-refractivity contribution in [1.82, 2.24) is 4.72 Å². The first-order valence-electron chi connectivity index (χ1n) is 9.96. The molecule has 3 rings (SSSR count). The first-order valence-corrected chi connectivity index (χ1v) is 11.9. The summed E-state index contributed by atoms with van der Waals surface area (Å²) in [6, 6.07) is 22.2.